The molecule has 2 aromatic carbocycles. The van der Waals surface area contributed by atoms with Crippen LogP contribution < -0.4 is 9.47 Å². The second-order valence-electron chi connectivity index (χ2n) is 9.69. The van der Waals surface area contributed by atoms with Crippen LogP contribution in [0.15, 0.2) is 42.5 Å². The molecule has 0 spiro atoms. The SMILES string of the molecule is COC1CN(C(=O)Oc2c(C)cccc2C)CC1Oc1cccc(CS(=O)(=O)N(C)C2CCOCC2)c1. The Labute approximate surface area is 219 Å². The van der Waals surface area contributed by atoms with Gasteiger partial charge in [-0.2, -0.15) is 0 Å². The molecule has 4 rings (SSSR count). The minimum Gasteiger partial charge on any atom is -0.486 e. The van der Waals surface area contributed by atoms with E-state index in [1.807, 2.05) is 32.0 Å². The molecule has 2 aliphatic heterocycles. The molecule has 9 nitrogen and oxygen atoms in total. The normalized spacial score (nSPS) is 20.8. The summed E-state index contributed by atoms with van der Waals surface area (Å²) < 4.78 is 50.4. The molecule has 2 saturated heterocycles. The van der Waals surface area contributed by atoms with Gasteiger partial charge in [0.05, 0.1) is 18.8 Å². The van der Waals surface area contributed by atoms with E-state index >= 15 is 0 Å². The van der Waals surface area contributed by atoms with Gasteiger partial charge in [0.25, 0.3) is 0 Å². The maximum absolute atomic E-state index is 13.0. The van der Waals surface area contributed by atoms with Crippen molar-refractivity contribution in [2.75, 3.05) is 40.5 Å². The number of benzene rings is 2. The molecule has 0 aliphatic carbocycles. The number of likely N-dealkylation sites (tertiary alicyclic amines) is 1. The quantitative estimate of drug-likeness (QED) is 0.513. The first-order valence-corrected chi connectivity index (χ1v) is 14.1. The minimum atomic E-state index is -3.50. The van der Waals surface area contributed by atoms with Crippen molar-refractivity contribution >= 4 is 16.1 Å². The Balaban J connectivity index is 1.40. The van der Waals surface area contributed by atoms with Gasteiger partial charge in [-0.25, -0.2) is 17.5 Å². The van der Waals surface area contributed by atoms with Crippen LogP contribution in [0.1, 0.15) is 29.5 Å². The highest BCUT2D eigenvalue weighted by atomic mass is 32.2. The standard InChI is InChI=1S/C27H36N2O7S/c1-19-7-5-8-20(2)26(19)36-27(30)29-16-24(33-4)25(17-29)35-23-10-6-9-21(15-23)18-37(31,32)28(3)22-11-13-34-14-12-22/h5-10,15,22,24-25H,11-14,16-18H2,1-4H3. The number of hydrogen-bond donors (Lipinski definition) is 0. The lowest BCUT2D eigenvalue weighted by atomic mass is 10.1. The molecule has 10 heteroatoms. The molecular formula is C27H36N2O7S. The van der Waals surface area contributed by atoms with Crippen LogP contribution in [0.2, 0.25) is 0 Å². The van der Waals surface area contributed by atoms with Crippen LogP contribution in [0.3, 0.4) is 0 Å². The van der Waals surface area contributed by atoms with Crippen molar-refractivity contribution in [3.63, 3.8) is 0 Å². The van der Waals surface area contributed by atoms with Gasteiger partial charge in [0.15, 0.2) is 0 Å². The van der Waals surface area contributed by atoms with Crippen molar-refractivity contribution in [1.82, 2.24) is 9.21 Å². The zero-order valence-corrected chi connectivity index (χ0v) is 22.7. The molecule has 0 N–H and O–H groups in total. The highest BCUT2D eigenvalue weighted by Gasteiger charge is 2.38. The molecule has 2 unspecified atom stereocenters. The lowest BCUT2D eigenvalue weighted by molar-refractivity contribution is 0.0341. The van der Waals surface area contributed by atoms with Crippen LogP contribution in [0.4, 0.5) is 4.79 Å². The first kappa shape index (κ1) is 27.4. The van der Waals surface area contributed by atoms with Crippen LogP contribution in [0.25, 0.3) is 0 Å². The second-order valence-corrected chi connectivity index (χ2v) is 11.7. The molecule has 0 radical (unpaired) electrons. The number of amides is 1. The molecular weight excluding hydrogens is 496 g/mol. The Hall–Kier alpha value is -2.66. The summed E-state index contributed by atoms with van der Waals surface area (Å²) in [6.45, 7) is 5.57. The van der Waals surface area contributed by atoms with Gasteiger partial charge in [-0.3, -0.25) is 0 Å². The molecule has 37 heavy (non-hydrogen) atoms. The van der Waals surface area contributed by atoms with Gasteiger partial charge < -0.3 is 23.8 Å². The first-order chi connectivity index (χ1) is 17.7. The Morgan fingerprint density at radius 1 is 1.05 bits per heavy atom. The van der Waals surface area contributed by atoms with Crippen LogP contribution >= 0.6 is 0 Å². The van der Waals surface area contributed by atoms with Gasteiger partial charge in [0.1, 0.15) is 23.7 Å². The minimum absolute atomic E-state index is 0.0478. The third kappa shape index (κ3) is 6.62. The molecule has 202 valence electrons. The molecule has 2 heterocycles. The van der Waals surface area contributed by atoms with Gasteiger partial charge in [-0.05, 0) is 55.5 Å². The molecule has 2 aromatic rings. The van der Waals surface area contributed by atoms with E-state index < -0.39 is 22.2 Å². The van der Waals surface area contributed by atoms with Gasteiger partial charge >= 0.3 is 6.09 Å². The third-order valence-corrected chi connectivity index (χ3v) is 8.93. The van der Waals surface area contributed by atoms with E-state index in [1.165, 1.54) is 4.31 Å². The number of rotatable bonds is 8. The van der Waals surface area contributed by atoms with Crippen LogP contribution in [-0.4, -0.2) is 82.4 Å². The molecule has 2 atom stereocenters. The number of carbonyl (C=O) groups excluding carboxylic acids is 1. The zero-order valence-electron chi connectivity index (χ0n) is 21.9. The van der Waals surface area contributed by atoms with Crippen molar-refractivity contribution < 1.29 is 32.2 Å². The summed E-state index contributed by atoms with van der Waals surface area (Å²) in [5.74, 6) is 0.967. The summed E-state index contributed by atoms with van der Waals surface area (Å²) >= 11 is 0. The summed E-state index contributed by atoms with van der Waals surface area (Å²) in [7, 11) is -0.283. The first-order valence-electron chi connectivity index (χ1n) is 12.5. The highest BCUT2D eigenvalue weighted by Crippen LogP contribution is 2.27. The van der Waals surface area contributed by atoms with E-state index in [2.05, 4.69) is 0 Å². The van der Waals surface area contributed by atoms with E-state index in [-0.39, 0.29) is 24.4 Å². The largest absolute Gasteiger partial charge is 0.486 e. The molecule has 0 bridgehead atoms. The van der Waals surface area contributed by atoms with E-state index in [0.29, 0.717) is 49.7 Å². The third-order valence-electron chi connectivity index (χ3n) is 7.05. The molecule has 0 saturated carbocycles. The predicted molar refractivity (Wildman–Crippen MR) is 139 cm³/mol. The summed E-state index contributed by atoms with van der Waals surface area (Å²) in [6, 6.07) is 12.7. The van der Waals surface area contributed by atoms with Crippen LogP contribution in [0, 0.1) is 13.8 Å². The Bertz CT molecular complexity index is 1180. The van der Waals surface area contributed by atoms with Crippen molar-refractivity contribution in [2.45, 2.75) is 50.7 Å². The summed E-state index contributed by atoms with van der Waals surface area (Å²) in [4.78, 5) is 14.5. The number of para-hydroxylation sites is 1. The van der Waals surface area contributed by atoms with Crippen molar-refractivity contribution in [1.29, 1.82) is 0 Å². The smallest absolute Gasteiger partial charge is 0.415 e. The lowest BCUT2D eigenvalue weighted by Crippen LogP contribution is -2.41. The number of hydrogen-bond acceptors (Lipinski definition) is 7. The van der Waals surface area contributed by atoms with Gasteiger partial charge in [-0.15, -0.1) is 0 Å². The Morgan fingerprint density at radius 3 is 2.38 bits per heavy atom. The topological polar surface area (TPSA) is 94.6 Å². The number of carbonyl (C=O) groups is 1. The number of aryl methyl sites for hydroxylation is 2. The number of ether oxygens (including phenoxy) is 4. The fourth-order valence-corrected chi connectivity index (χ4v) is 6.29. The van der Waals surface area contributed by atoms with E-state index in [0.717, 1.165) is 11.1 Å². The van der Waals surface area contributed by atoms with Crippen molar-refractivity contribution in [3.05, 3.63) is 59.2 Å². The van der Waals surface area contributed by atoms with Crippen molar-refractivity contribution in [2.24, 2.45) is 0 Å². The summed E-state index contributed by atoms with van der Waals surface area (Å²) in [5.41, 5.74) is 2.41. The van der Waals surface area contributed by atoms with Gasteiger partial charge in [-0.1, -0.05) is 30.3 Å². The highest BCUT2D eigenvalue weighted by molar-refractivity contribution is 7.88. The van der Waals surface area contributed by atoms with Crippen molar-refractivity contribution in [3.8, 4) is 11.5 Å². The number of nitrogens with zero attached hydrogens (tertiary/aromatic N) is 2. The second kappa shape index (κ2) is 11.8. The van der Waals surface area contributed by atoms with E-state index in [1.54, 1.807) is 43.3 Å². The zero-order chi connectivity index (χ0) is 26.6. The average molecular weight is 533 g/mol. The number of methoxy groups -OCH3 is 1. The molecule has 1 amide bonds. The number of sulfonamides is 1. The van der Waals surface area contributed by atoms with Crippen LogP contribution in [0.5, 0.6) is 11.5 Å². The monoisotopic (exact) mass is 532 g/mol. The Morgan fingerprint density at radius 2 is 1.70 bits per heavy atom. The summed E-state index contributed by atoms with van der Waals surface area (Å²) in [6.07, 6.45) is 0.161. The molecule has 2 fully saturated rings. The average Bonchev–Trinajstić information content (AvgIpc) is 3.29. The Kier molecular flexibility index (Phi) is 8.74. The fourth-order valence-electron chi connectivity index (χ4n) is 4.82. The molecule has 2 aliphatic rings. The fraction of sp³-hybridized carbons (Fsp3) is 0.519. The molecule has 0 aromatic heterocycles. The van der Waals surface area contributed by atoms with E-state index in [4.69, 9.17) is 18.9 Å². The van der Waals surface area contributed by atoms with Gasteiger partial charge in [0.2, 0.25) is 10.0 Å². The lowest BCUT2D eigenvalue weighted by Gasteiger charge is -2.30. The van der Waals surface area contributed by atoms with Gasteiger partial charge in [0, 0.05) is 33.4 Å². The van der Waals surface area contributed by atoms with Crippen LogP contribution in [-0.2, 0) is 25.2 Å². The maximum atomic E-state index is 13.0. The predicted octanol–water partition coefficient (Wildman–Crippen LogP) is 3.52. The summed E-state index contributed by atoms with van der Waals surface area (Å²) in [5, 5.41) is 0. The van der Waals surface area contributed by atoms with E-state index in [9.17, 15) is 13.2 Å². The maximum Gasteiger partial charge on any atom is 0.415 e.